The summed E-state index contributed by atoms with van der Waals surface area (Å²) in [6, 6.07) is 16.7. The van der Waals surface area contributed by atoms with Gasteiger partial charge < -0.3 is 14.8 Å². The van der Waals surface area contributed by atoms with Gasteiger partial charge in [-0.1, -0.05) is 22.0 Å². The summed E-state index contributed by atoms with van der Waals surface area (Å²) < 4.78 is 11.8. The van der Waals surface area contributed by atoms with Crippen molar-refractivity contribution < 1.29 is 14.3 Å². The maximum absolute atomic E-state index is 13.3. The maximum atomic E-state index is 13.3. The molecule has 1 aromatic heterocycles. The Morgan fingerprint density at radius 2 is 1.93 bits per heavy atom. The number of anilines is 2. The van der Waals surface area contributed by atoms with Crippen LogP contribution in [0.4, 0.5) is 11.4 Å². The zero-order valence-electron chi connectivity index (χ0n) is 15.3. The lowest BCUT2D eigenvalue weighted by Crippen LogP contribution is -2.32. The summed E-state index contributed by atoms with van der Waals surface area (Å²) in [6.45, 7) is 0. The summed E-state index contributed by atoms with van der Waals surface area (Å²) in [6.07, 6.45) is 1.20. The monoisotopic (exact) mass is 439 g/mol. The van der Waals surface area contributed by atoms with Gasteiger partial charge in [0, 0.05) is 22.4 Å². The third kappa shape index (κ3) is 3.18. The average Bonchev–Trinajstić information content (AvgIpc) is 2.99. The van der Waals surface area contributed by atoms with Gasteiger partial charge in [0.2, 0.25) is 0 Å². The van der Waals surface area contributed by atoms with E-state index in [1.807, 2.05) is 24.3 Å². The molecule has 7 heteroatoms. The predicted octanol–water partition coefficient (Wildman–Crippen LogP) is 4.63. The normalized spacial score (nSPS) is 15.3. The molecule has 2 heterocycles. The highest BCUT2D eigenvalue weighted by molar-refractivity contribution is 9.10. The highest BCUT2D eigenvalue weighted by atomic mass is 79.9. The topological polar surface area (TPSA) is 63.7 Å². The van der Waals surface area contributed by atoms with E-state index in [9.17, 15) is 4.79 Å². The third-order valence-corrected chi connectivity index (χ3v) is 5.07. The van der Waals surface area contributed by atoms with Crippen LogP contribution < -0.4 is 19.7 Å². The molecule has 0 saturated carbocycles. The number of fused-ring (bicyclic) bond motifs is 1. The Hall–Kier alpha value is -3.06. The fraction of sp³-hybridized carbons (Fsp3) is 0.143. The first-order valence-corrected chi connectivity index (χ1v) is 9.44. The van der Waals surface area contributed by atoms with Crippen LogP contribution in [0.15, 0.2) is 65.3 Å². The van der Waals surface area contributed by atoms with Crippen molar-refractivity contribution in [3.8, 4) is 11.5 Å². The van der Waals surface area contributed by atoms with Crippen LogP contribution >= 0.6 is 15.9 Å². The Labute approximate surface area is 171 Å². The van der Waals surface area contributed by atoms with Gasteiger partial charge in [0.15, 0.2) is 6.17 Å². The van der Waals surface area contributed by atoms with Crippen LogP contribution in [-0.2, 0) is 0 Å². The van der Waals surface area contributed by atoms with Crippen molar-refractivity contribution in [3.63, 3.8) is 0 Å². The highest BCUT2D eigenvalue weighted by Crippen LogP contribution is 2.42. The molecule has 142 valence electrons. The van der Waals surface area contributed by atoms with E-state index in [0.29, 0.717) is 28.4 Å². The average molecular weight is 440 g/mol. The molecule has 0 saturated heterocycles. The number of halogens is 1. The van der Waals surface area contributed by atoms with Gasteiger partial charge in [-0.05, 0) is 42.5 Å². The number of benzene rings is 2. The minimum atomic E-state index is -0.487. The fourth-order valence-electron chi connectivity index (χ4n) is 3.29. The van der Waals surface area contributed by atoms with Crippen molar-refractivity contribution >= 4 is 33.2 Å². The minimum Gasteiger partial charge on any atom is -0.497 e. The van der Waals surface area contributed by atoms with Gasteiger partial charge >= 0.3 is 0 Å². The van der Waals surface area contributed by atoms with Crippen molar-refractivity contribution in [2.75, 3.05) is 24.4 Å². The summed E-state index contributed by atoms with van der Waals surface area (Å²) in [5.41, 5.74) is 2.69. The molecule has 1 aliphatic heterocycles. The fourth-order valence-corrected chi connectivity index (χ4v) is 3.69. The number of pyridine rings is 1. The molecule has 0 unspecified atom stereocenters. The number of nitrogens with zero attached hydrogens (tertiary/aromatic N) is 2. The standard InChI is InChI=1S/C21H18BrN3O3/c1-27-15-8-9-18(28-2)17(12-15)25-20(24-14-6-3-5-13(22)11-14)19-16(21(25)26)7-4-10-23-19/h3-12,20,24H,1-2H3/t20-/m0/s1. The quantitative estimate of drug-likeness (QED) is 0.627. The number of carbonyl (C=O) groups excluding carboxylic acids is 1. The van der Waals surface area contributed by atoms with E-state index in [2.05, 4.69) is 26.2 Å². The number of carbonyl (C=O) groups is 1. The predicted molar refractivity (Wildman–Crippen MR) is 111 cm³/mol. The lowest BCUT2D eigenvalue weighted by Gasteiger charge is -2.28. The van der Waals surface area contributed by atoms with E-state index in [0.717, 1.165) is 10.2 Å². The van der Waals surface area contributed by atoms with E-state index in [1.165, 1.54) is 0 Å². The first-order valence-electron chi connectivity index (χ1n) is 8.65. The number of ether oxygens (including phenoxy) is 2. The third-order valence-electron chi connectivity index (χ3n) is 4.58. The molecular weight excluding hydrogens is 422 g/mol. The second-order valence-corrected chi connectivity index (χ2v) is 7.12. The highest BCUT2D eigenvalue weighted by Gasteiger charge is 2.40. The molecule has 3 aromatic rings. The molecule has 4 rings (SSSR count). The molecule has 0 spiro atoms. The summed E-state index contributed by atoms with van der Waals surface area (Å²) in [4.78, 5) is 19.4. The molecule has 1 atom stereocenters. The molecule has 0 bridgehead atoms. The summed E-state index contributed by atoms with van der Waals surface area (Å²) in [5, 5.41) is 3.42. The van der Waals surface area contributed by atoms with E-state index in [4.69, 9.17) is 9.47 Å². The lowest BCUT2D eigenvalue weighted by atomic mass is 10.2. The molecule has 6 nitrogen and oxygen atoms in total. The van der Waals surface area contributed by atoms with Gasteiger partial charge in [-0.25, -0.2) is 0 Å². The molecule has 0 radical (unpaired) electrons. The van der Waals surface area contributed by atoms with E-state index < -0.39 is 6.17 Å². The van der Waals surface area contributed by atoms with Crippen LogP contribution in [0.3, 0.4) is 0 Å². The summed E-state index contributed by atoms with van der Waals surface area (Å²) >= 11 is 3.48. The zero-order chi connectivity index (χ0) is 19.7. The zero-order valence-corrected chi connectivity index (χ0v) is 16.9. The minimum absolute atomic E-state index is 0.151. The van der Waals surface area contributed by atoms with Crippen molar-refractivity contribution in [1.29, 1.82) is 0 Å². The Morgan fingerprint density at radius 3 is 2.68 bits per heavy atom. The molecule has 2 aromatic carbocycles. The number of amides is 1. The molecule has 28 heavy (non-hydrogen) atoms. The molecule has 1 aliphatic rings. The Bertz CT molecular complexity index is 1040. The van der Waals surface area contributed by atoms with Crippen LogP contribution in [0.5, 0.6) is 11.5 Å². The van der Waals surface area contributed by atoms with Crippen molar-refractivity contribution in [3.05, 3.63) is 76.5 Å². The Balaban J connectivity index is 1.84. The Morgan fingerprint density at radius 1 is 1.07 bits per heavy atom. The maximum Gasteiger partial charge on any atom is 0.262 e. The van der Waals surface area contributed by atoms with Crippen LogP contribution in [0.25, 0.3) is 0 Å². The number of methoxy groups -OCH3 is 2. The van der Waals surface area contributed by atoms with Gasteiger partial charge in [-0.15, -0.1) is 0 Å². The van der Waals surface area contributed by atoms with Gasteiger partial charge in [0.05, 0.1) is 31.2 Å². The second kappa shape index (κ2) is 7.52. The molecular formula is C21H18BrN3O3. The molecule has 0 aliphatic carbocycles. The van der Waals surface area contributed by atoms with Gasteiger partial charge in [0.25, 0.3) is 5.91 Å². The van der Waals surface area contributed by atoms with Crippen molar-refractivity contribution in [1.82, 2.24) is 4.98 Å². The number of rotatable bonds is 5. The number of aromatic nitrogens is 1. The van der Waals surface area contributed by atoms with Gasteiger partial charge in [0.1, 0.15) is 11.5 Å². The molecule has 1 amide bonds. The summed E-state index contributed by atoms with van der Waals surface area (Å²) in [5.74, 6) is 1.05. The van der Waals surface area contributed by atoms with Crippen molar-refractivity contribution in [2.24, 2.45) is 0 Å². The SMILES string of the molecule is COc1ccc(OC)c(N2C(=O)c3cccnc3[C@H]2Nc2cccc(Br)c2)c1. The van der Waals surface area contributed by atoms with Gasteiger partial charge in [-0.2, -0.15) is 0 Å². The van der Waals surface area contributed by atoms with E-state index >= 15 is 0 Å². The van der Waals surface area contributed by atoms with Crippen LogP contribution in [-0.4, -0.2) is 25.1 Å². The molecule has 1 N–H and O–H groups in total. The number of hydrogen-bond donors (Lipinski definition) is 1. The van der Waals surface area contributed by atoms with Crippen molar-refractivity contribution in [2.45, 2.75) is 6.17 Å². The second-order valence-electron chi connectivity index (χ2n) is 6.21. The number of nitrogens with one attached hydrogen (secondary N) is 1. The largest absolute Gasteiger partial charge is 0.497 e. The lowest BCUT2D eigenvalue weighted by molar-refractivity contribution is 0.0992. The first-order chi connectivity index (χ1) is 13.6. The number of hydrogen-bond acceptors (Lipinski definition) is 5. The van der Waals surface area contributed by atoms with Gasteiger partial charge in [-0.3, -0.25) is 14.7 Å². The smallest absolute Gasteiger partial charge is 0.262 e. The van der Waals surface area contributed by atoms with Crippen LogP contribution in [0.1, 0.15) is 22.2 Å². The van der Waals surface area contributed by atoms with Crippen LogP contribution in [0.2, 0.25) is 0 Å². The van der Waals surface area contributed by atoms with E-state index in [-0.39, 0.29) is 5.91 Å². The Kier molecular flexibility index (Phi) is 4.92. The molecule has 0 fully saturated rings. The first kappa shape index (κ1) is 18.3. The van der Waals surface area contributed by atoms with Crippen LogP contribution in [0, 0.1) is 0 Å². The van der Waals surface area contributed by atoms with E-state index in [1.54, 1.807) is 55.6 Å². The summed E-state index contributed by atoms with van der Waals surface area (Å²) in [7, 11) is 3.17.